The van der Waals surface area contributed by atoms with Gasteiger partial charge in [0.2, 0.25) is 5.91 Å². The Morgan fingerprint density at radius 1 is 1.24 bits per heavy atom. The molecule has 0 aliphatic heterocycles. The number of carboxylic acid groups (broad SMARTS) is 1. The van der Waals surface area contributed by atoms with Crippen molar-refractivity contribution in [3.63, 3.8) is 0 Å². The third-order valence-corrected chi connectivity index (χ3v) is 3.04. The number of nitrogens with zero attached hydrogens (tertiary/aromatic N) is 2. The smallest absolute Gasteiger partial charge is 0.326 e. The number of aryl methyl sites for hydroxylation is 1. The fraction of sp³-hybridized carbons (Fsp3) is 0.267. The second-order valence-corrected chi connectivity index (χ2v) is 4.67. The number of carbonyl (C=O) groups is 2. The van der Waals surface area contributed by atoms with Gasteiger partial charge in [0.1, 0.15) is 6.04 Å². The highest BCUT2D eigenvalue weighted by Gasteiger charge is 2.20. The highest BCUT2D eigenvalue weighted by molar-refractivity contribution is 5.83. The van der Waals surface area contributed by atoms with Crippen LogP contribution in [0.3, 0.4) is 0 Å². The van der Waals surface area contributed by atoms with Gasteiger partial charge in [0, 0.05) is 31.8 Å². The molecule has 21 heavy (non-hydrogen) atoms. The molecule has 0 unspecified atom stereocenters. The summed E-state index contributed by atoms with van der Waals surface area (Å²) in [5.41, 5.74) is 0.872. The number of amides is 1. The molecule has 0 saturated carbocycles. The minimum atomic E-state index is -1.04. The van der Waals surface area contributed by atoms with Gasteiger partial charge in [0.05, 0.1) is 0 Å². The van der Waals surface area contributed by atoms with Crippen molar-refractivity contribution in [2.75, 3.05) is 0 Å². The number of aromatic nitrogens is 2. The van der Waals surface area contributed by atoms with Crippen LogP contribution in [0.4, 0.5) is 0 Å². The molecule has 6 nitrogen and oxygen atoms in total. The molecular weight excluding hydrogens is 270 g/mol. The van der Waals surface area contributed by atoms with E-state index < -0.39 is 12.0 Å². The zero-order valence-electron chi connectivity index (χ0n) is 11.5. The number of carbonyl (C=O) groups excluding carboxylic acids is 1. The molecule has 0 spiro atoms. The molecule has 0 aliphatic rings. The molecule has 1 atom stereocenters. The van der Waals surface area contributed by atoms with E-state index in [1.54, 1.807) is 23.1 Å². The Morgan fingerprint density at radius 2 is 2.00 bits per heavy atom. The van der Waals surface area contributed by atoms with Crippen LogP contribution in [0.25, 0.3) is 0 Å². The topological polar surface area (TPSA) is 84.2 Å². The summed E-state index contributed by atoms with van der Waals surface area (Å²) in [6.07, 6.45) is 3.85. The molecule has 2 N–H and O–H groups in total. The molecule has 0 bridgehead atoms. The van der Waals surface area contributed by atoms with Gasteiger partial charge in [-0.3, -0.25) is 9.48 Å². The second kappa shape index (κ2) is 7.23. The molecule has 0 radical (unpaired) electrons. The van der Waals surface area contributed by atoms with Crippen LogP contribution in [0.5, 0.6) is 0 Å². The van der Waals surface area contributed by atoms with Crippen molar-refractivity contribution < 1.29 is 14.7 Å². The van der Waals surface area contributed by atoms with Crippen LogP contribution in [-0.2, 0) is 22.6 Å². The lowest BCUT2D eigenvalue weighted by atomic mass is 10.1. The van der Waals surface area contributed by atoms with Crippen LogP contribution < -0.4 is 5.32 Å². The molecule has 0 saturated heterocycles. The Kier molecular flexibility index (Phi) is 5.09. The Bertz CT molecular complexity index is 581. The van der Waals surface area contributed by atoms with E-state index in [0.717, 1.165) is 5.56 Å². The lowest BCUT2D eigenvalue weighted by Crippen LogP contribution is -2.42. The fourth-order valence-corrected chi connectivity index (χ4v) is 1.97. The minimum Gasteiger partial charge on any atom is -0.480 e. The highest BCUT2D eigenvalue weighted by Crippen LogP contribution is 2.04. The Hall–Kier alpha value is -2.63. The van der Waals surface area contributed by atoms with Crippen LogP contribution in [-0.4, -0.2) is 32.8 Å². The van der Waals surface area contributed by atoms with Crippen LogP contribution in [0.15, 0.2) is 48.8 Å². The molecule has 1 heterocycles. The molecule has 1 aromatic heterocycles. The lowest BCUT2D eigenvalue weighted by molar-refractivity contribution is -0.141. The van der Waals surface area contributed by atoms with Crippen LogP contribution in [0.2, 0.25) is 0 Å². The SMILES string of the molecule is O=C(CCn1cccn1)N[C@@H](Cc1ccccc1)C(=O)O. The van der Waals surface area contributed by atoms with Crippen molar-refractivity contribution in [3.05, 3.63) is 54.4 Å². The monoisotopic (exact) mass is 287 g/mol. The molecule has 6 heteroatoms. The highest BCUT2D eigenvalue weighted by atomic mass is 16.4. The van der Waals surface area contributed by atoms with Gasteiger partial charge in [-0.2, -0.15) is 5.10 Å². The standard InChI is InChI=1S/C15H17N3O3/c19-14(7-10-18-9-4-8-16-18)17-13(15(20)21)11-12-5-2-1-3-6-12/h1-6,8-9,13H,7,10-11H2,(H,17,19)(H,20,21)/t13-/m0/s1. The normalized spacial score (nSPS) is 11.8. The molecule has 0 aliphatic carbocycles. The van der Waals surface area contributed by atoms with Gasteiger partial charge in [-0.1, -0.05) is 30.3 Å². The van der Waals surface area contributed by atoms with Crippen molar-refractivity contribution in [1.29, 1.82) is 0 Å². The molecule has 2 aromatic rings. The molecular formula is C15H17N3O3. The summed E-state index contributed by atoms with van der Waals surface area (Å²) < 4.78 is 1.63. The van der Waals surface area contributed by atoms with Crippen LogP contribution in [0, 0.1) is 0 Å². The van der Waals surface area contributed by atoms with E-state index >= 15 is 0 Å². The molecule has 0 fully saturated rings. The van der Waals surface area contributed by atoms with Crippen LogP contribution >= 0.6 is 0 Å². The molecule has 110 valence electrons. The molecule has 1 aromatic carbocycles. The van der Waals surface area contributed by atoms with E-state index in [4.69, 9.17) is 0 Å². The first-order chi connectivity index (χ1) is 10.1. The Labute approximate surface area is 122 Å². The second-order valence-electron chi connectivity index (χ2n) is 4.67. The molecule has 2 rings (SSSR count). The zero-order chi connectivity index (χ0) is 15.1. The van der Waals surface area contributed by atoms with Gasteiger partial charge in [0.25, 0.3) is 0 Å². The number of nitrogens with one attached hydrogen (secondary N) is 1. The van der Waals surface area contributed by atoms with Gasteiger partial charge >= 0.3 is 5.97 Å². The zero-order valence-corrected chi connectivity index (χ0v) is 11.5. The maximum atomic E-state index is 11.8. The van der Waals surface area contributed by atoms with Crippen molar-refractivity contribution in [2.45, 2.75) is 25.4 Å². The first-order valence-corrected chi connectivity index (χ1v) is 6.68. The van der Waals surface area contributed by atoms with E-state index in [9.17, 15) is 14.7 Å². The van der Waals surface area contributed by atoms with E-state index in [1.165, 1.54) is 0 Å². The summed E-state index contributed by atoms with van der Waals surface area (Å²) in [6.45, 7) is 0.427. The predicted molar refractivity (Wildman–Crippen MR) is 76.6 cm³/mol. The van der Waals surface area contributed by atoms with Gasteiger partial charge in [-0.25, -0.2) is 4.79 Å². The quantitative estimate of drug-likeness (QED) is 0.798. The summed E-state index contributed by atoms with van der Waals surface area (Å²) in [7, 11) is 0. The van der Waals surface area contributed by atoms with Gasteiger partial charge in [0.15, 0.2) is 0 Å². The maximum Gasteiger partial charge on any atom is 0.326 e. The average molecular weight is 287 g/mol. The largest absolute Gasteiger partial charge is 0.480 e. The van der Waals surface area contributed by atoms with E-state index in [2.05, 4.69) is 10.4 Å². The van der Waals surface area contributed by atoms with Crippen molar-refractivity contribution >= 4 is 11.9 Å². The van der Waals surface area contributed by atoms with Gasteiger partial charge in [-0.15, -0.1) is 0 Å². The number of hydrogen-bond donors (Lipinski definition) is 2. The number of carboxylic acids is 1. The first-order valence-electron chi connectivity index (χ1n) is 6.68. The van der Waals surface area contributed by atoms with Crippen LogP contribution in [0.1, 0.15) is 12.0 Å². The van der Waals surface area contributed by atoms with Gasteiger partial charge < -0.3 is 10.4 Å². The summed E-state index contributed by atoms with van der Waals surface area (Å²) >= 11 is 0. The third kappa shape index (κ3) is 4.76. The fourth-order valence-electron chi connectivity index (χ4n) is 1.97. The first kappa shape index (κ1) is 14.8. The number of rotatable bonds is 7. The van der Waals surface area contributed by atoms with Crippen molar-refractivity contribution in [3.8, 4) is 0 Å². The number of aliphatic carboxylic acids is 1. The summed E-state index contributed by atoms with van der Waals surface area (Å²) in [6, 6.07) is 10.1. The summed E-state index contributed by atoms with van der Waals surface area (Å²) in [5.74, 6) is -1.33. The summed E-state index contributed by atoms with van der Waals surface area (Å²) in [4.78, 5) is 23.1. The number of benzene rings is 1. The predicted octanol–water partition coefficient (Wildman–Crippen LogP) is 1.09. The third-order valence-electron chi connectivity index (χ3n) is 3.04. The Balaban J connectivity index is 1.87. The van der Waals surface area contributed by atoms with E-state index in [-0.39, 0.29) is 18.7 Å². The van der Waals surface area contributed by atoms with Gasteiger partial charge in [-0.05, 0) is 11.6 Å². The molecule has 1 amide bonds. The van der Waals surface area contributed by atoms with Crippen molar-refractivity contribution in [1.82, 2.24) is 15.1 Å². The average Bonchev–Trinajstić information content (AvgIpc) is 2.99. The lowest BCUT2D eigenvalue weighted by Gasteiger charge is -2.14. The number of hydrogen-bond acceptors (Lipinski definition) is 3. The minimum absolute atomic E-state index is 0.195. The van der Waals surface area contributed by atoms with E-state index in [1.807, 2.05) is 30.3 Å². The summed E-state index contributed by atoms with van der Waals surface area (Å²) in [5, 5.41) is 15.7. The maximum absolute atomic E-state index is 11.8. The Morgan fingerprint density at radius 3 is 2.62 bits per heavy atom. The van der Waals surface area contributed by atoms with E-state index in [0.29, 0.717) is 6.54 Å². The van der Waals surface area contributed by atoms with Crippen molar-refractivity contribution in [2.24, 2.45) is 0 Å².